The largest absolute Gasteiger partial charge is 0.508 e. The summed E-state index contributed by atoms with van der Waals surface area (Å²) < 4.78 is 16.7. The van der Waals surface area contributed by atoms with E-state index in [-0.39, 0.29) is 23.6 Å². The van der Waals surface area contributed by atoms with Gasteiger partial charge in [-0.05, 0) is 36.8 Å². The molecule has 0 saturated heterocycles. The number of ether oxygens (including phenoxy) is 3. The van der Waals surface area contributed by atoms with Crippen molar-refractivity contribution in [3.8, 4) is 23.0 Å². The maximum absolute atomic E-state index is 11.8. The fraction of sp³-hybridized carbons (Fsp3) is 0.350. The Morgan fingerprint density at radius 2 is 1.92 bits per heavy atom. The van der Waals surface area contributed by atoms with Crippen LogP contribution >= 0.6 is 0 Å². The first-order valence-corrected chi connectivity index (χ1v) is 8.40. The van der Waals surface area contributed by atoms with Gasteiger partial charge < -0.3 is 24.6 Å². The van der Waals surface area contributed by atoms with E-state index in [1.165, 1.54) is 6.92 Å². The van der Waals surface area contributed by atoms with Crippen molar-refractivity contribution in [3.05, 3.63) is 47.0 Å². The third kappa shape index (κ3) is 3.14. The summed E-state index contributed by atoms with van der Waals surface area (Å²) in [6.45, 7) is 3.67. The molecule has 2 aromatic rings. The molecule has 0 radical (unpaired) electrons. The van der Waals surface area contributed by atoms with Gasteiger partial charge in [0.25, 0.3) is 0 Å². The Balaban J connectivity index is 2.06. The highest BCUT2D eigenvalue weighted by atomic mass is 16.5. The second-order valence-electron chi connectivity index (χ2n) is 6.34. The molecule has 0 aliphatic carbocycles. The molecule has 2 unspecified atom stereocenters. The van der Waals surface area contributed by atoms with E-state index in [1.807, 2.05) is 18.2 Å². The van der Waals surface area contributed by atoms with Crippen molar-refractivity contribution in [3.63, 3.8) is 0 Å². The van der Waals surface area contributed by atoms with Crippen LogP contribution in [0.25, 0.3) is 0 Å². The third-order valence-electron chi connectivity index (χ3n) is 4.75. The molecule has 1 aliphatic rings. The smallest absolute Gasteiger partial charge is 0.217 e. The van der Waals surface area contributed by atoms with Crippen LogP contribution in [-0.4, -0.2) is 31.8 Å². The lowest BCUT2D eigenvalue weighted by atomic mass is 9.84. The van der Waals surface area contributed by atoms with E-state index in [1.54, 1.807) is 33.3 Å². The molecule has 0 bridgehead atoms. The average Bonchev–Trinajstić information content (AvgIpc) is 2.64. The summed E-state index contributed by atoms with van der Waals surface area (Å²) in [6.07, 6.45) is 0. The molecule has 3 rings (SSSR count). The molecule has 0 spiro atoms. The molecule has 6 heteroatoms. The van der Waals surface area contributed by atoms with Crippen molar-refractivity contribution in [1.82, 2.24) is 5.32 Å². The molecule has 1 aliphatic heterocycles. The molecule has 0 saturated carbocycles. The zero-order valence-corrected chi connectivity index (χ0v) is 15.3. The summed E-state index contributed by atoms with van der Waals surface area (Å²) in [7, 11) is 3.18. The number of fused-ring (bicyclic) bond motifs is 1. The Kier molecular flexibility index (Phi) is 4.93. The van der Waals surface area contributed by atoms with Gasteiger partial charge in [-0.15, -0.1) is 0 Å². The van der Waals surface area contributed by atoms with Gasteiger partial charge in [0, 0.05) is 24.0 Å². The number of rotatable bonds is 4. The SMILES string of the molecule is COc1ccc(C2COc3c(ccc(O)c3C)C2NC(C)=O)cc1OC. The first kappa shape index (κ1) is 17.9. The number of hydrogen-bond donors (Lipinski definition) is 2. The minimum Gasteiger partial charge on any atom is -0.508 e. The third-order valence-corrected chi connectivity index (χ3v) is 4.75. The summed E-state index contributed by atoms with van der Waals surface area (Å²) >= 11 is 0. The monoisotopic (exact) mass is 357 g/mol. The van der Waals surface area contributed by atoms with Crippen molar-refractivity contribution in [2.45, 2.75) is 25.8 Å². The lowest BCUT2D eigenvalue weighted by Crippen LogP contribution is -2.36. The topological polar surface area (TPSA) is 77.0 Å². The quantitative estimate of drug-likeness (QED) is 0.879. The van der Waals surface area contributed by atoms with Gasteiger partial charge in [0.1, 0.15) is 11.5 Å². The first-order chi connectivity index (χ1) is 12.5. The van der Waals surface area contributed by atoms with Gasteiger partial charge >= 0.3 is 0 Å². The summed E-state index contributed by atoms with van der Waals surface area (Å²) in [5.74, 6) is 1.84. The van der Waals surface area contributed by atoms with E-state index < -0.39 is 0 Å². The summed E-state index contributed by atoms with van der Waals surface area (Å²) in [6, 6.07) is 8.85. The van der Waals surface area contributed by atoms with Gasteiger partial charge in [0.2, 0.25) is 5.91 Å². The maximum Gasteiger partial charge on any atom is 0.217 e. The average molecular weight is 357 g/mol. The highest BCUT2D eigenvalue weighted by Crippen LogP contribution is 2.45. The van der Waals surface area contributed by atoms with Crippen LogP contribution in [0.15, 0.2) is 30.3 Å². The van der Waals surface area contributed by atoms with Crippen LogP contribution < -0.4 is 19.5 Å². The normalized spacial score (nSPS) is 18.5. The predicted octanol–water partition coefficient (Wildman–Crippen LogP) is 3.07. The van der Waals surface area contributed by atoms with Gasteiger partial charge in [-0.25, -0.2) is 0 Å². The number of carbonyl (C=O) groups excluding carboxylic acids is 1. The molecular formula is C20H23NO5. The second kappa shape index (κ2) is 7.15. The Morgan fingerprint density at radius 3 is 2.58 bits per heavy atom. The highest BCUT2D eigenvalue weighted by molar-refractivity contribution is 5.74. The van der Waals surface area contributed by atoms with Crippen molar-refractivity contribution in [2.24, 2.45) is 0 Å². The van der Waals surface area contributed by atoms with Crippen LogP contribution in [0.1, 0.15) is 35.6 Å². The van der Waals surface area contributed by atoms with E-state index in [2.05, 4.69) is 5.32 Å². The van der Waals surface area contributed by atoms with Gasteiger partial charge in [0.05, 0.1) is 26.9 Å². The number of phenols is 1. The Labute approximate surface area is 152 Å². The van der Waals surface area contributed by atoms with Gasteiger partial charge in [-0.2, -0.15) is 0 Å². The molecule has 6 nitrogen and oxygen atoms in total. The Hall–Kier alpha value is -2.89. The van der Waals surface area contributed by atoms with Crippen molar-refractivity contribution < 1.29 is 24.1 Å². The van der Waals surface area contributed by atoms with E-state index in [4.69, 9.17) is 14.2 Å². The summed E-state index contributed by atoms with van der Waals surface area (Å²) in [5, 5.41) is 13.0. The number of benzene rings is 2. The number of hydrogen-bond acceptors (Lipinski definition) is 5. The minimum absolute atomic E-state index is 0.102. The molecule has 2 aromatic carbocycles. The molecule has 26 heavy (non-hydrogen) atoms. The summed E-state index contributed by atoms with van der Waals surface area (Å²) in [4.78, 5) is 11.8. The molecule has 0 fully saturated rings. The van der Waals surface area contributed by atoms with E-state index in [9.17, 15) is 9.90 Å². The van der Waals surface area contributed by atoms with Gasteiger partial charge in [-0.1, -0.05) is 6.07 Å². The number of aromatic hydroxyl groups is 1. The fourth-order valence-corrected chi connectivity index (χ4v) is 3.39. The van der Waals surface area contributed by atoms with Crippen LogP contribution in [0, 0.1) is 6.92 Å². The van der Waals surface area contributed by atoms with E-state index >= 15 is 0 Å². The standard InChI is InChI=1S/C20H23NO5/c1-11-16(23)7-6-14-19(21-12(2)22)15(10-26-20(11)14)13-5-8-17(24-3)18(9-13)25-4/h5-9,15,19,23H,10H2,1-4H3,(H,21,22). The Bertz CT molecular complexity index is 833. The molecule has 138 valence electrons. The number of amides is 1. The lowest BCUT2D eigenvalue weighted by molar-refractivity contribution is -0.120. The van der Waals surface area contributed by atoms with E-state index in [0.717, 1.165) is 11.1 Å². The molecule has 2 N–H and O–H groups in total. The highest BCUT2D eigenvalue weighted by Gasteiger charge is 2.34. The molecule has 2 atom stereocenters. The number of methoxy groups -OCH3 is 2. The second-order valence-corrected chi connectivity index (χ2v) is 6.34. The van der Waals surface area contributed by atoms with Gasteiger partial charge in [-0.3, -0.25) is 4.79 Å². The number of carbonyl (C=O) groups is 1. The lowest BCUT2D eigenvalue weighted by Gasteiger charge is -2.35. The molecular weight excluding hydrogens is 334 g/mol. The zero-order valence-electron chi connectivity index (χ0n) is 15.3. The van der Waals surface area contributed by atoms with Crippen molar-refractivity contribution >= 4 is 5.91 Å². The fourth-order valence-electron chi connectivity index (χ4n) is 3.39. The molecule has 1 amide bonds. The van der Waals surface area contributed by atoms with Crippen LogP contribution in [0.5, 0.6) is 23.0 Å². The number of phenolic OH excluding ortho intramolecular Hbond substituents is 1. The Morgan fingerprint density at radius 1 is 1.19 bits per heavy atom. The van der Waals surface area contributed by atoms with Crippen LogP contribution in [0.4, 0.5) is 0 Å². The van der Waals surface area contributed by atoms with Gasteiger partial charge in [0.15, 0.2) is 11.5 Å². The van der Waals surface area contributed by atoms with E-state index in [0.29, 0.717) is 29.4 Å². The molecule has 1 heterocycles. The summed E-state index contributed by atoms with van der Waals surface area (Å²) in [5.41, 5.74) is 2.49. The molecule has 0 aromatic heterocycles. The van der Waals surface area contributed by atoms with Crippen molar-refractivity contribution in [2.75, 3.05) is 20.8 Å². The minimum atomic E-state index is -0.270. The predicted molar refractivity (Wildman–Crippen MR) is 97.2 cm³/mol. The van der Waals surface area contributed by atoms with Crippen LogP contribution in [0.2, 0.25) is 0 Å². The van der Waals surface area contributed by atoms with Crippen LogP contribution in [-0.2, 0) is 4.79 Å². The first-order valence-electron chi connectivity index (χ1n) is 8.40. The van der Waals surface area contributed by atoms with Crippen LogP contribution in [0.3, 0.4) is 0 Å². The zero-order chi connectivity index (χ0) is 18.8. The van der Waals surface area contributed by atoms with Crippen molar-refractivity contribution in [1.29, 1.82) is 0 Å². The maximum atomic E-state index is 11.8. The number of nitrogens with one attached hydrogen (secondary N) is 1.